The number of para-hydroxylation sites is 1. The van der Waals surface area contributed by atoms with Gasteiger partial charge in [-0.05, 0) is 24.3 Å². The summed E-state index contributed by atoms with van der Waals surface area (Å²) in [6, 6.07) is 16.6. The second-order valence-corrected chi connectivity index (χ2v) is 5.55. The van der Waals surface area contributed by atoms with Gasteiger partial charge >= 0.3 is 0 Å². The van der Waals surface area contributed by atoms with E-state index in [0.29, 0.717) is 13.0 Å². The van der Waals surface area contributed by atoms with Crippen molar-refractivity contribution in [3.05, 3.63) is 42.5 Å². The Labute approximate surface area is 122 Å². The molecule has 3 nitrogen and oxygen atoms in total. The quantitative estimate of drug-likeness (QED) is 0.845. The van der Waals surface area contributed by atoms with Gasteiger partial charge in [0.15, 0.2) is 0 Å². The van der Waals surface area contributed by atoms with Crippen molar-refractivity contribution in [1.82, 2.24) is 0 Å². The maximum Gasteiger partial charge on any atom is 0.121 e. The maximum absolute atomic E-state index is 8.89. The summed E-state index contributed by atoms with van der Waals surface area (Å²) in [7, 11) is 1.67. The molecular weight excluding hydrogens is 268 g/mol. The van der Waals surface area contributed by atoms with Crippen LogP contribution in [0.3, 0.4) is 0 Å². The normalized spacial score (nSPS) is 12.3. The van der Waals surface area contributed by atoms with E-state index in [4.69, 9.17) is 10.00 Å². The van der Waals surface area contributed by atoms with E-state index in [1.807, 2.05) is 24.3 Å². The Morgan fingerprint density at radius 2 is 1.95 bits per heavy atom. The summed E-state index contributed by atoms with van der Waals surface area (Å²) < 4.78 is 5.32. The standard InChI is InChI=1S/C16H14N2OS/c1-19-12-7-8-16-14(11-12)18(10-4-9-17)13-5-2-3-6-15(13)20-16/h2-3,5-8,11H,4,10H2,1H3. The lowest BCUT2D eigenvalue weighted by Crippen LogP contribution is -2.21. The van der Waals surface area contributed by atoms with Crippen molar-refractivity contribution in [2.45, 2.75) is 16.2 Å². The lowest BCUT2D eigenvalue weighted by molar-refractivity contribution is 0.414. The summed E-state index contributed by atoms with van der Waals surface area (Å²) in [4.78, 5) is 4.62. The highest BCUT2D eigenvalue weighted by Crippen LogP contribution is 2.48. The smallest absolute Gasteiger partial charge is 0.121 e. The highest BCUT2D eigenvalue weighted by atomic mass is 32.2. The van der Waals surface area contributed by atoms with Gasteiger partial charge in [-0.2, -0.15) is 5.26 Å². The van der Waals surface area contributed by atoms with Crippen LogP contribution in [0.1, 0.15) is 6.42 Å². The zero-order valence-electron chi connectivity index (χ0n) is 11.2. The Morgan fingerprint density at radius 1 is 1.15 bits per heavy atom. The molecule has 1 aliphatic rings. The average Bonchev–Trinajstić information content (AvgIpc) is 2.51. The Hall–Kier alpha value is -2.12. The molecular formula is C16H14N2OS. The molecule has 0 saturated carbocycles. The molecule has 0 atom stereocenters. The minimum atomic E-state index is 0.496. The molecule has 0 aliphatic carbocycles. The summed E-state index contributed by atoms with van der Waals surface area (Å²) in [5, 5.41) is 8.89. The number of rotatable bonds is 3. The molecule has 0 spiro atoms. The van der Waals surface area contributed by atoms with Crippen LogP contribution < -0.4 is 9.64 Å². The van der Waals surface area contributed by atoms with Crippen LogP contribution in [0.5, 0.6) is 5.75 Å². The van der Waals surface area contributed by atoms with Crippen LogP contribution in [0.25, 0.3) is 0 Å². The second kappa shape index (κ2) is 5.48. The fourth-order valence-corrected chi connectivity index (χ4v) is 3.41. The number of anilines is 2. The van der Waals surface area contributed by atoms with Crippen LogP contribution in [0.2, 0.25) is 0 Å². The molecule has 100 valence electrons. The fraction of sp³-hybridized carbons (Fsp3) is 0.188. The van der Waals surface area contributed by atoms with Crippen molar-refractivity contribution in [3.8, 4) is 11.8 Å². The van der Waals surface area contributed by atoms with E-state index in [2.05, 4.69) is 29.2 Å². The third-order valence-corrected chi connectivity index (χ3v) is 4.41. The number of nitrogens with zero attached hydrogens (tertiary/aromatic N) is 2. The highest BCUT2D eigenvalue weighted by Gasteiger charge is 2.23. The summed E-state index contributed by atoms with van der Waals surface area (Å²) in [6.45, 7) is 0.689. The van der Waals surface area contributed by atoms with E-state index in [1.165, 1.54) is 9.79 Å². The van der Waals surface area contributed by atoms with Gasteiger partial charge in [0.1, 0.15) is 5.75 Å². The van der Waals surface area contributed by atoms with E-state index in [-0.39, 0.29) is 0 Å². The molecule has 0 amide bonds. The first-order chi connectivity index (χ1) is 9.83. The molecule has 2 aromatic rings. The number of hydrogen-bond donors (Lipinski definition) is 0. The Morgan fingerprint density at radius 3 is 2.75 bits per heavy atom. The van der Waals surface area contributed by atoms with Crippen LogP contribution in [-0.2, 0) is 0 Å². The molecule has 0 unspecified atom stereocenters. The zero-order chi connectivity index (χ0) is 13.9. The van der Waals surface area contributed by atoms with E-state index in [0.717, 1.165) is 17.1 Å². The summed E-state index contributed by atoms with van der Waals surface area (Å²) >= 11 is 1.76. The molecule has 20 heavy (non-hydrogen) atoms. The number of ether oxygens (including phenoxy) is 1. The van der Waals surface area contributed by atoms with Gasteiger partial charge in [-0.1, -0.05) is 23.9 Å². The van der Waals surface area contributed by atoms with Crippen molar-refractivity contribution >= 4 is 23.1 Å². The van der Waals surface area contributed by atoms with Gasteiger partial charge in [-0.25, -0.2) is 0 Å². The SMILES string of the molecule is COc1ccc2c(c1)N(CCC#N)c1ccccc1S2. The largest absolute Gasteiger partial charge is 0.497 e. The average molecular weight is 282 g/mol. The maximum atomic E-state index is 8.89. The van der Waals surface area contributed by atoms with Gasteiger partial charge in [-0.15, -0.1) is 0 Å². The molecule has 1 heterocycles. The van der Waals surface area contributed by atoms with Gasteiger partial charge in [0, 0.05) is 22.4 Å². The molecule has 0 N–H and O–H groups in total. The highest BCUT2D eigenvalue weighted by molar-refractivity contribution is 7.99. The molecule has 1 aliphatic heterocycles. The molecule has 0 aromatic heterocycles. The van der Waals surface area contributed by atoms with Crippen LogP contribution in [0.15, 0.2) is 52.3 Å². The lowest BCUT2D eigenvalue weighted by atomic mass is 10.2. The molecule has 2 aromatic carbocycles. The van der Waals surface area contributed by atoms with Gasteiger partial charge in [-0.3, -0.25) is 0 Å². The zero-order valence-corrected chi connectivity index (χ0v) is 12.0. The van der Waals surface area contributed by atoms with Crippen LogP contribution >= 0.6 is 11.8 Å². The molecule has 0 bridgehead atoms. The van der Waals surface area contributed by atoms with Crippen LogP contribution in [0.4, 0.5) is 11.4 Å². The molecule has 0 fully saturated rings. The first kappa shape index (κ1) is 12.9. The van der Waals surface area contributed by atoms with Crippen molar-refractivity contribution in [1.29, 1.82) is 5.26 Å². The van der Waals surface area contributed by atoms with Gasteiger partial charge in [0.25, 0.3) is 0 Å². The lowest BCUT2D eigenvalue weighted by Gasteiger charge is -2.32. The van der Waals surface area contributed by atoms with E-state index < -0.39 is 0 Å². The predicted octanol–water partition coefficient (Wildman–Crippen LogP) is 4.21. The number of benzene rings is 2. The Balaban J connectivity index is 2.09. The Kier molecular flexibility index (Phi) is 3.53. The number of fused-ring (bicyclic) bond motifs is 2. The predicted molar refractivity (Wildman–Crippen MR) is 80.8 cm³/mol. The summed E-state index contributed by atoms with van der Waals surface area (Å²) in [5.74, 6) is 0.839. The first-order valence-electron chi connectivity index (χ1n) is 6.43. The van der Waals surface area contributed by atoms with Crippen LogP contribution in [0, 0.1) is 11.3 Å². The van der Waals surface area contributed by atoms with Crippen LogP contribution in [-0.4, -0.2) is 13.7 Å². The molecule has 0 radical (unpaired) electrons. The third-order valence-electron chi connectivity index (χ3n) is 3.28. The second-order valence-electron chi connectivity index (χ2n) is 4.46. The number of nitriles is 1. The van der Waals surface area contributed by atoms with Gasteiger partial charge < -0.3 is 9.64 Å². The fourth-order valence-electron chi connectivity index (χ4n) is 2.34. The molecule has 3 rings (SSSR count). The number of methoxy groups -OCH3 is 1. The van der Waals surface area contributed by atoms with E-state index in [9.17, 15) is 0 Å². The minimum Gasteiger partial charge on any atom is -0.497 e. The summed E-state index contributed by atoms with van der Waals surface area (Å²) in [5.41, 5.74) is 2.27. The first-order valence-corrected chi connectivity index (χ1v) is 7.24. The molecule has 4 heteroatoms. The topological polar surface area (TPSA) is 36.3 Å². The van der Waals surface area contributed by atoms with Gasteiger partial charge in [0.05, 0.1) is 31.0 Å². The van der Waals surface area contributed by atoms with Crippen molar-refractivity contribution < 1.29 is 4.74 Å². The molecule has 0 saturated heterocycles. The van der Waals surface area contributed by atoms with Crippen molar-refractivity contribution in [2.24, 2.45) is 0 Å². The minimum absolute atomic E-state index is 0.496. The third kappa shape index (κ3) is 2.21. The van der Waals surface area contributed by atoms with E-state index >= 15 is 0 Å². The van der Waals surface area contributed by atoms with Gasteiger partial charge in [0.2, 0.25) is 0 Å². The van der Waals surface area contributed by atoms with E-state index in [1.54, 1.807) is 18.9 Å². The van der Waals surface area contributed by atoms with Crippen molar-refractivity contribution in [2.75, 3.05) is 18.6 Å². The van der Waals surface area contributed by atoms with Crippen molar-refractivity contribution in [3.63, 3.8) is 0 Å². The summed E-state index contributed by atoms with van der Waals surface area (Å²) in [6.07, 6.45) is 0.496. The Bertz CT molecular complexity index is 678. The monoisotopic (exact) mass is 282 g/mol. The number of hydrogen-bond acceptors (Lipinski definition) is 4.